The third kappa shape index (κ3) is 3.65. The van der Waals surface area contributed by atoms with Gasteiger partial charge in [-0.05, 0) is 23.8 Å². The molecule has 5 aromatic rings. The smallest absolute Gasteiger partial charge is 0.291 e. The summed E-state index contributed by atoms with van der Waals surface area (Å²) in [5, 5.41) is 5.29. The SMILES string of the molecule is O=C(N/N=C\c1c(-c2ccccc2)n(-c2ccccc2)c2ccccc12)c1cnccn1. The van der Waals surface area contributed by atoms with Gasteiger partial charge in [0.15, 0.2) is 0 Å². The molecule has 0 radical (unpaired) electrons. The molecule has 3 aromatic carbocycles. The second kappa shape index (κ2) is 8.65. The second-order valence-corrected chi connectivity index (χ2v) is 7.11. The topological polar surface area (TPSA) is 72.2 Å². The van der Waals surface area contributed by atoms with Gasteiger partial charge < -0.3 is 4.57 Å². The highest BCUT2D eigenvalue weighted by atomic mass is 16.2. The lowest BCUT2D eigenvalue weighted by Gasteiger charge is -2.12. The average molecular weight is 417 g/mol. The van der Waals surface area contributed by atoms with Gasteiger partial charge in [0.05, 0.1) is 23.6 Å². The quantitative estimate of drug-likeness (QED) is 0.328. The number of carbonyl (C=O) groups is 1. The Hall–Kier alpha value is -4.58. The normalized spacial score (nSPS) is 11.1. The van der Waals surface area contributed by atoms with Crippen LogP contribution in [-0.4, -0.2) is 26.7 Å². The Morgan fingerprint density at radius 1 is 0.875 bits per heavy atom. The summed E-state index contributed by atoms with van der Waals surface area (Å²) in [7, 11) is 0. The summed E-state index contributed by atoms with van der Waals surface area (Å²) in [6, 6.07) is 28.5. The van der Waals surface area contributed by atoms with Crippen LogP contribution >= 0.6 is 0 Å². The van der Waals surface area contributed by atoms with E-state index in [1.165, 1.54) is 18.6 Å². The standard InChI is InChI=1S/C26H19N5O/c32-26(23-18-27-15-16-28-23)30-29-17-22-21-13-7-8-14-24(21)31(20-11-5-2-6-12-20)25(22)19-9-3-1-4-10-19/h1-18H,(H,30,32)/b29-17-. The van der Waals surface area contributed by atoms with Crippen LogP contribution < -0.4 is 5.43 Å². The van der Waals surface area contributed by atoms with Crippen LogP contribution in [0, 0.1) is 0 Å². The monoisotopic (exact) mass is 417 g/mol. The van der Waals surface area contributed by atoms with Crippen molar-refractivity contribution in [3.05, 3.63) is 115 Å². The number of amides is 1. The van der Waals surface area contributed by atoms with Gasteiger partial charge in [0.25, 0.3) is 5.91 Å². The molecule has 0 spiro atoms. The Labute approximate surface area is 184 Å². The maximum absolute atomic E-state index is 12.3. The van der Waals surface area contributed by atoms with E-state index < -0.39 is 5.91 Å². The minimum Gasteiger partial charge on any atom is -0.309 e. The predicted molar refractivity (Wildman–Crippen MR) is 126 cm³/mol. The lowest BCUT2D eigenvalue weighted by atomic mass is 10.1. The predicted octanol–water partition coefficient (Wildman–Crippen LogP) is 4.85. The zero-order chi connectivity index (χ0) is 21.8. The van der Waals surface area contributed by atoms with Gasteiger partial charge in [0, 0.05) is 29.0 Å². The highest BCUT2D eigenvalue weighted by Gasteiger charge is 2.18. The van der Waals surface area contributed by atoms with Crippen LogP contribution in [0.1, 0.15) is 16.1 Å². The van der Waals surface area contributed by atoms with Gasteiger partial charge in [-0.3, -0.25) is 9.78 Å². The van der Waals surface area contributed by atoms with Crippen molar-refractivity contribution in [2.75, 3.05) is 0 Å². The van der Waals surface area contributed by atoms with Crippen LogP contribution in [-0.2, 0) is 0 Å². The van der Waals surface area contributed by atoms with Crippen molar-refractivity contribution in [1.82, 2.24) is 20.0 Å². The van der Waals surface area contributed by atoms with E-state index >= 15 is 0 Å². The van der Waals surface area contributed by atoms with Crippen LogP contribution in [0.15, 0.2) is 109 Å². The van der Waals surface area contributed by atoms with E-state index in [-0.39, 0.29) is 5.69 Å². The molecule has 0 aliphatic carbocycles. The van der Waals surface area contributed by atoms with E-state index in [2.05, 4.69) is 61.5 Å². The van der Waals surface area contributed by atoms with Crippen LogP contribution in [0.5, 0.6) is 0 Å². The van der Waals surface area contributed by atoms with Gasteiger partial charge in [-0.15, -0.1) is 0 Å². The number of hydrogen-bond acceptors (Lipinski definition) is 4. The van der Waals surface area contributed by atoms with Gasteiger partial charge in [-0.2, -0.15) is 5.10 Å². The minimum atomic E-state index is -0.414. The maximum Gasteiger partial charge on any atom is 0.291 e. The Morgan fingerprint density at radius 2 is 1.59 bits per heavy atom. The fourth-order valence-corrected chi connectivity index (χ4v) is 3.75. The average Bonchev–Trinajstić information content (AvgIpc) is 3.20. The van der Waals surface area contributed by atoms with Gasteiger partial charge in [0.1, 0.15) is 5.69 Å². The van der Waals surface area contributed by atoms with E-state index in [0.717, 1.165) is 33.4 Å². The van der Waals surface area contributed by atoms with E-state index in [0.29, 0.717) is 0 Å². The molecule has 0 saturated heterocycles. The highest BCUT2D eigenvalue weighted by molar-refractivity contribution is 6.07. The number of aromatic nitrogens is 3. The highest BCUT2D eigenvalue weighted by Crippen LogP contribution is 2.35. The molecule has 1 N–H and O–H groups in total. The van der Waals surface area contributed by atoms with Crippen molar-refractivity contribution in [1.29, 1.82) is 0 Å². The largest absolute Gasteiger partial charge is 0.309 e. The number of carbonyl (C=O) groups excluding carboxylic acids is 1. The lowest BCUT2D eigenvalue weighted by Crippen LogP contribution is -2.19. The first-order valence-corrected chi connectivity index (χ1v) is 10.2. The molecule has 0 atom stereocenters. The molecule has 0 aliphatic heterocycles. The third-order valence-corrected chi connectivity index (χ3v) is 5.13. The summed E-state index contributed by atoms with van der Waals surface area (Å²) in [6.45, 7) is 0. The summed E-state index contributed by atoms with van der Waals surface area (Å²) < 4.78 is 2.22. The molecule has 0 aliphatic rings. The molecule has 6 nitrogen and oxygen atoms in total. The summed E-state index contributed by atoms with van der Waals surface area (Å²) in [4.78, 5) is 20.3. The molecule has 6 heteroatoms. The molecular formula is C26H19N5O. The Bertz CT molecular complexity index is 1390. The molecule has 0 saturated carbocycles. The lowest BCUT2D eigenvalue weighted by molar-refractivity contribution is 0.0949. The number of nitrogens with zero attached hydrogens (tertiary/aromatic N) is 4. The van der Waals surface area contributed by atoms with Gasteiger partial charge in [0.2, 0.25) is 0 Å². The van der Waals surface area contributed by atoms with E-state index in [9.17, 15) is 4.79 Å². The number of fused-ring (bicyclic) bond motifs is 1. The van der Waals surface area contributed by atoms with Gasteiger partial charge >= 0.3 is 0 Å². The van der Waals surface area contributed by atoms with Crippen molar-refractivity contribution in [2.45, 2.75) is 0 Å². The number of hydrazone groups is 1. The molecule has 0 unspecified atom stereocenters. The molecule has 5 rings (SSSR count). The zero-order valence-electron chi connectivity index (χ0n) is 17.1. The van der Waals surface area contributed by atoms with Crippen molar-refractivity contribution < 1.29 is 4.79 Å². The first-order valence-electron chi connectivity index (χ1n) is 10.2. The minimum absolute atomic E-state index is 0.208. The van der Waals surface area contributed by atoms with Crippen molar-refractivity contribution >= 4 is 23.0 Å². The van der Waals surface area contributed by atoms with Crippen molar-refractivity contribution in [2.24, 2.45) is 5.10 Å². The molecular weight excluding hydrogens is 398 g/mol. The Kier molecular flexibility index (Phi) is 5.24. The second-order valence-electron chi connectivity index (χ2n) is 7.11. The molecule has 2 heterocycles. The molecule has 0 fully saturated rings. The summed E-state index contributed by atoms with van der Waals surface area (Å²) in [6.07, 6.45) is 6.09. The van der Waals surface area contributed by atoms with Crippen LogP contribution in [0.2, 0.25) is 0 Å². The van der Waals surface area contributed by atoms with Gasteiger partial charge in [-0.25, -0.2) is 10.4 Å². The number of para-hydroxylation sites is 2. The van der Waals surface area contributed by atoms with E-state index in [1.807, 2.05) is 48.5 Å². The first-order chi connectivity index (χ1) is 15.8. The van der Waals surface area contributed by atoms with E-state index in [4.69, 9.17) is 0 Å². The fourth-order valence-electron chi connectivity index (χ4n) is 3.75. The number of rotatable bonds is 5. The summed E-state index contributed by atoms with van der Waals surface area (Å²) in [5.41, 5.74) is 7.83. The summed E-state index contributed by atoms with van der Waals surface area (Å²) in [5.74, 6) is -0.414. The van der Waals surface area contributed by atoms with Crippen molar-refractivity contribution in [3.8, 4) is 16.9 Å². The molecule has 154 valence electrons. The number of nitrogens with one attached hydrogen (secondary N) is 1. The van der Waals surface area contributed by atoms with E-state index in [1.54, 1.807) is 6.21 Å². The first kappa shape index (κ1) is 19.4. The van der Waals surface area contributed by atoms with Crippen LogP contribution in [0.3, 0.4) is 0 Å². The molecule has 0 bridgehead atoms. The maximum atomic E-state index is 12.3. The summed E-state index contributed by atoms with van der Waals surface area (Å²) >= 11 is 0. The van der Waals surface area contributed by atoms with Gasteiger partial charge in [-0.1, -0.05) is 66.7 Å². The number of hydrogen-bond donors (Lipinski definition) is 1. The molecule has 2 aromatic heterocycles. The Balaban J connectivity index is 1.66. The fraction of sp³-hybridized carbons (Fsp3) is 0. The Morgan fingerprint density at radius 3 is 2.34 bits per heavy atom. The van der Waals surface area contributed by atoms with Crippen LogP contribution in [0.25, 0.3) is 27.8 Å². The van der Waals surface area contributed by atoms with Crippen LogP contribution in [0.4, 0.5) is 0 Å². The number of benzene rings is 3. The third-order valence-electron chi connectivity index (χ3n) is 5.13. The molecule has 1 amide bonds. The molecule has 32 heavy (non-hydrogen) atoms. The van der Waals surface area contributed by atoms with Crippen molar-refractivity contribution in [3.63, 3.8) is 0 Å². The zero-order valence-corrected chi connectivity index (χ0v) is 17.1.